The van der Waals surface area contributed by atoms with E-state index in [0.717, 1.165) is 16.3 Å². The number of amides is 2. The van der Waals surface area contributed by atoms with E-state index in [0.29, 0.717) is 31.1 Å². The zero-order chi connectivity index (χ0) is 29.4. The summed E-state index contributed by atoms with van der Waals surface area (Å²) in [4.78, 5) is 29.0. The number of nitrogens with one attached hydrogen (secondary N) is 1. The van der Waals surface area contributed by atoms with Crippen LogP contribution in [0.15, 0.2) is 83.8 Å². The number of fused-ring (bicyclic) bond motifs is 1. The zero-order valence-electron chi connectivity index (χ0n) is 23.7. The van der Waals surface area contributed by atoms with Crippen LogP contribution in [0.25, 0.3) is 0 Å². The molecule has 218 valence electrons. The van der Waals surface area contributed by atoms with E-state index in [-0.39, 0.29) is 29.1 Å². The molecule has 2 amide bonds. The zero-order valence-corrected chi connectivity index (χ0v) is 24.5. The van der Waals surface area contributed by atoms with Crippen molar-refractivity contribution in [3.8, 4) is 11.5 Å². The number of ether oxygens (including phenoxy) is 2. The molecule has 1 N–H and O–H groups in total. The summed E-state index contributed by atoms with van der Waals surface area (Å²) in [6, 6.07) is 21.2. The summed E-state index contributed by atoms with van der Waals surface area (Å²) in [6.07, 6.45) is 1.10. The van der Waals surface area contributed by atoms with Crippen molar-refractivity contribution in [3.63, 3.8) is 0 Å². The molecule has 10 heteroatoms. The molecule has 0 saturated heterocycles. The minimum Gasteiger partial charge on any atom is -0.486 e. The van der Waals surface area contributed by atoms with Crippen molar-refractivity contribution in [3.05, 3.63) is 84.4 Å². The quantitative estimate of drug-likeness (QED) is 0.342. The highest BCUT2D eigenvalue weighted by atomic mass is 32.2. The number of benzene rings is 3. The molecule has 1 aliphatic heterocycles. The van der Waals surface area contributed by atoms with Crippen molar-refractivity contribution in [1.82, 2.24) is 10.2 Å². The Hall–Kier alpha value is -4.05. The van der Waals surface area contributed by atoms with E-state index in [1.807, 2.05) is 51.1 Å². The van der Waals surface area contributed by atoms with Crippen molar-refractivity contribution in [1.29, 1.82) is 0 Å². The van der Waals surface area contributed by atoms with Gasteiger partial charge in [0.2, 0.25) is 11.8 Å². The molecule has 3 aromatic rings. The maximum absolute atomic E-state index is 14.1. The normalized spacial score (nSPS) is 14.0. The molecule has 0 spiro atoms. The number of sulfonamides is 1. The fourth-order valence-corrected chi connectivity index (χ4v) is 6.00. The summed E-state index contributed by atoms with van der Waals surface area (Å²) >= 11 is 0. The molecule has 2 atom stereocenters. The van der Waals surface area contributed by atoms with E-state index in [1.54, 1.807) is 36.4 Å². The standard InChI is InChI=1S/C31H37N3O6S/c1-4-23(3)32-31(36)27(5-2)33(21-24-12-8-6-9-13-24)30(35)22-34(41(37,38)26-14-10-7-11-15-26)25-16-17-28-29(20-25)40-19-18-39-28/h6-17,20,23,27H,4-5,18-19,21-22H2,1-3H3,(H,32,36)/t23-,27+/m1/s1. The third kappa shape index (κ3) is 7.18. The third-order valence-electron chi connectivity index (χ3n) is 7.01. The largest absolute Gasteiger partial charge is 0.486 e. The summed E-state index contributed by atoms with van der Waals surface area (Å²) in [7, 11) is -4.17. The lowest BCUT2D eigenvalue weighted by Crippen LogP contribution is -2.53. The van der Waals surface area contributed by atoms with Crippen LogP contribution in [0.4, 0.5) is 5.69 Å². The molecule has 0 fully saturated rings. The maximum atomic E-state index is 14.1. The SMILES string of the molecule is CC[C@@H](C)NC(=O)[C@H](CC)N(Cc1ccccc1)C(=O)CN(c1ccc2c(c1)OCCO2)S(=O)(=O)c1ccccc1. The van der Waals surface area contributed by atoms with Gasteiger partial charge < -0.3 is 19.7 Å². The van der Waals surface area contributed by atoms with E-state index in [9.17, 15) is 18.0 Å². The summed E-state index contributed by atoms with van der Waals surface area (Å²) in [6.45, 7) is 6.06. The number of nitrogens with zero attached hydrogens (tertiary/aromatic N) is 2. The van der Waals surface area contributed by atoms with Crippen molar-refractivity contribution < 1.29 is 27.5 Å². The molecule has 0 saturated carbocycles. The summed E-state index contributed by atoms with van der Waals surface area (Å²) in [5.41, 5.74) is 1.08. The van der Waals surface area contributed by atoms with Crippen LogP contribution in [0.2, 0.25) is 0 Å². The molecule has 41 heavy (non-hydrogen) atoms. The molecule has 0 radical (unpaired) electrons. The smallest absolute Gasteiger partial charge is 0.264 e. The Morgan fingerprint density at radius 3 is 2.15 bits per heavy atom. The first-order valence-electron chi connectivity index (χ1n) is 13.9. The van der Waals surface area contributed by atoms with Gasteiger partial charge in [-0.15, -0.1) is 0 Å². The topological polar surface area (TPSA) is 105 Å². The van der Waals surface area contributed by atoms with Crippen LogP contribution in [-0.4, -0.2) is 57.0 Å². The number of hydrogen-bond acceptors (Lipinski definition) is 6. The second-order valence-electron chi connectivity index (χ2n) is 9.90. The van der Waals surface area contributed by atoms with E-state index in [2.05, 4.69) is 5.32 Å². The molecule has 0 aromatic heterocycles. The predicted molar refractivity (Wildman–Crippen MR) is 157 cm³/mol. The maximum Gasteiger partial charge on any atom is 0.264 e. The van der Waals surface area contributed by atoms with E-state index in [4.69, 9.17) is 9.47 Å². The Kier molecular flexibility index (Phi) is 9.88. The first-order chi connectivity index (χ1) is 19.7. The highest BCUT2D eigenvalue weighted by Gasteiger charge is 2.34. The van der Waals surface area contributed by atoms with Crippen LogP contribution >= 0.6 is 0 Å². The average Bonchev–Trinajstić information content (AvgIpc) is 3.00. The van der Waals surface area contributed by atoms with Gasteiger partial charge in [-0.2, -0.15) is 0 Å². The highest BCUT2D eigenvalue weighted by molar-refractivity contribution is 7.92. The van der Waals surface area contributed by atoms with Crippen molar-refractivity contribution in [2.24, 2.45) is 0 Å². The van der Waals surface area contributed by atoms with E-state index < -0.39 is 28.5 Å². The van der Waals surface area contributed by atoms with E-state index >= 15 is 0 Å². The molecule has 9 nitrogen and oxygen atoms in total. The Morgan fingerprint density at radius 2 is 1.51 bits per heavy atom. The average molecular weight is 580 g/mol. The van der Waals surface area contributed by atoms with Gasteiger partial charge in [0.1, 0.15) is 25.8 Å². The highest BCUT2D eigenvalue weighted by Crippen LogP contribution is 2.36. The molecular weight excluding hydrogens is 542 g/mol. The van der Waals surface area contributed by atoms with Crippen molar-refractivity contribution >= 4 is 27.5 Å². The molecule has 0 aliphatic carbocycles. The minimum atomic E-state index is -4.17. The van der Waals surface area contributed by atoms with Gasteiger partial charge in [-0.1, -0.05) is 62.4 Å². The monoisotopic (exact) mass is 579 g/mol. The molecule has 1 heterocycles. The van der Waals surface area contributed by atoms with Crippen LogP contribution in [0.3, 0.4) is 0 Å². The van der Waals surface area contributed by atoms with E-state index in [1.165, 1.54) is 17.0 Å². The van der Waals surface area contributed by atoms with Crippen LogP contribution < -0.4 is 19.1 Å². The van der Waals surface area contributed by atoms with Crippen LogP contribution in [0.5, 0.6) is 11.5 Å². The lowest BCUT2D eigenvalue weighted by Gasteiger charge is -2.34. The fraction of sp³-hybridized carbons (Fsp3) is 0.355. The van der Waals surface area contributed by atoms with Gasteiger partial charge in [0, 0.05) is 18.7 Å². The third-order valence-corrected chi connectivity index (χ3v) is 8.79. The molecule has 4 rings (SSSR count). The molecule has 0 unspecified atom stereocenters. The fourth-order valence-electron chi connectivity index (χ4n) is 4.58. The van der Waals surface area contributed by atoms with Gasteiger partial charge in [0.25, 0.3) is 10.0 Å². The number of carbonyl (C=O) groups excluding carboxylic acids is 2. The lowest BCUT2D eigenvalue weighted by molar-refractivity contribution is -0.140. The minimum absolute atomic E-state index is 0.0406. The van der Waals surface area contributed by atoms with Crippen LogP contribution in [-0.2, 0) is 26.2 Å². The lowest BCUT2D eigenvalue weighted by atomic mass is 10.1. The van der Waals surface area contributed by atoms with Gasteiger partial charge in [-0.05, 0) is 49.6 Å². The Labute approximate surface area is 242 Å². The Morgan fingerprint density at radius 1 is 0.878 bits per heavy atom. The van der Waals surface area contributed by atoms with Crippen LogP contribution in [0.1, 0.15) is 39.2 Å². The van der Waals surface area contributed by atoms with Gasteiger partial charge in [-0.25, -0.2) is 8.42 Å². The van der Waals surface area contributed by atoms with Crippen LogP contribution in [0, 0.1) is 0 Å². The predicted octanol–water partition coefficient (Wildman–Crippen LogP) is 4.38. The van der Waals surface area contributed by atoms with Gasteiger partial charge in [0.15, 0.2) is 11.5 Å². The first kappa shape index (κ1) is 29.9. The summed E-state index contributed by atoms with van der Waals surface area (Å²) < 4.78 is 40.3. The number of anilines is 1. The molecular formula is C31H37N3O6S. The number of carbonyl (C=O) groups is 2. The first-order valence-corrected chi connectivity index (χ1v) is 15.3. The van der Waals surface area contributed by atoms with Gasteiger partial charge in [0.05, 0.1) is 10.6 Å². The molecule has 3 aromatic carbocycles. The summed E-state index contributed by atoms with van der Waals surface area (Å²) in [5.74, 6) is 0.120. The Balaban J connectivity index is 1.74. The number of hydrogen-bond donors (Lipinski definition) is 1. The molecule has 0 bridgehead atoms. The number of rotatable bonds is 12. The van der Waals surface area contributed by atoms with Crippen molar-refractivity contribution in [2.45, 2.75) is 57.1 Å². The Bertz CT molecular complexity index is 1430. The second kappa shape index (κ2) is 13.5. The molecule has 1 aliphatic rings. The van der Waals surface area contributed by atoms with Gasteiger partial charge >= 0.3 is 0 Å². The second-order valence-corrected chi connectivity index (χ2v) is 11.8. The summed E-state index contributed by atoms with van der Waals surface area (Å²) in [5, 5.41) is 2.98. The van der Waals surface area contributed by atoms with Crippen molar-refractivity contribution in [2.75, 3.05) is 24.1 Å². The van der Waals surface area contributed by atoms with Gasteiger partial charge in [-0.3, -0.25) is 13.9 Å².